The standard InChI is InChI=1S/C5H12O4S3.Na/c6-12(7,8)2-1-9-3-5(11)4-10;/h5,10-11H,1-4H2,(H,6,7,8);/q;+1/p-1. The van der Waals surface area contributed by atoms with E-state index in [-0.39, 0.29) is 41.4 Å². The Morgan fingerprint density at radius 2 is 2.00 bits per heavy atom. The van der Waals surface area contributed by atoms with Gasteiger partial charge in [-0.3, -0.25) is 0 Å². The van der Waals surface area contributed by atoms with E-state index in [1.54, 1.807) is 0 Å². The molecule has 0 bridgehead atoms. The molecule has 1 unspecified atom stereocenters. The van der Waals surface area contributed by atoms with Gasteiger partial charge in [0.25, 0.3) is 0 Å². The third kappa shape index (κ3) is 13.6. The van der Waals surface area contributed by atoms with Crippen LogP contribution in [-0.4, -0.2) is 42.9 Å². The second-order valence-electron chi connectivity index (χ2n) is 2.17. The van der Waals surface area contributed by atoms with Gasteiger partial charge < -0.3 is 9.29 Å². The zero-order valence-corrected chi connectivity index (χ0v) is 11.9. The molecule has 8 heteroatoms. The minimum Gasteiger partial charge on any atom is -0.748 e. The summed E-state index contributed by atoms with van der Waals surface area (Å²) in [6.45, 7) is 0.235. The number of hydrogen-bond donors (Lipinski definition) is 2. The number of hydrogen-bond acceptors (Lipinski definition) is 6. The zero-order chi connectivity index (χ0) is 9.61. The summed E-state index contributed by atoms with van der Waals surface area (Å²) in [6, 6.07) is 0. The first-order valence-electron chi connectivity index (χ1n) is 3.26. The van der Waals surface area contributed by atoms with Crippen molar-refractivity contribution in [3.05, 3.63) is 0 Å². The SMILES string of the molecule is O=S(=O)([O-])CCOCC(S)CS.[Na+]. The van der Waals surface area contributed by atoms with Gasteiger partial charge in [0.2, 0.25) is 0 Å². The molecule has 0 fully saturated rings. The van der Waals surface area contributed by atoms with E-state index in [4.69, 9.17) is 4.74 Å². The average Bonchev–Trinajstić information content (AvgIpc) is 1.96. The van der Waals surface area contributed by atoms with Crippen LogP contribution in [0.15, 0.2) is 0 Å². The van der Waals surface area contributed by atoms with Crippen molar-refractivity contribution in [3.8, 4) is 0 Å². The van der Waals surface area contributed by atoms with E-state index in [2.05, 4.69) is 25.3 Å². The molecule has 0 N–H and O–H groups in total. The second kappa shape index (κ2) is 8.84. The normalized spacial score (nSPS) is 13.5. The van der Waals surface area contributed by atoms with Crippen LogP contribution in [0, 0.1) is 0 Å². The van der Waals surface area contributed by atoms with Gasteiger partial charge in [0, 0.05) is 11.0 Å². The van der Waals surface area contributed by atoms with Crippen LogP contribution in [0.2, 0.25) is 0 Å². The Kier molecular flexibility index (Phi) is 11.6. The van der Waals surface area contributed by atoms with Gasteiger partial charge in [0.1, 0.15) is 0 Å². The van der Waals surface area contributed by atoms with Crippen LogP contribution >= 0.6 is 25.3 Å². The molecular formula is C5H11NaO4S3. The molecule has 74 valence electrons. The van der Waals surface area contributed by atoms with E-state index < -0.39 is 15.9 Å². The van der Waals surface area contributed by atoms with E-state index in [1.807, 2.05) is 0 Å². The maximum atomic E-state index is 10.1. The van der Waals surface area contributed by atoms with Crippen molar-refractivity contribution in [2.45, 2.75) is 5.25 Å². The van der Waals surface area contributed by atoms with Gasteiger partial charge in [-0.05, 0) is 0 Å². The molecular weight excluding hydrogens is 243 g/mol. The van der Waals surface area contributed by atoms with Crippen molar-refractivity contribution in [1.82, 2.24) is 0 Å². The Morgan fingerprint density at radius 3 is 2.38 bits per heavy atom. The zero-order valence-electron chi connectivity index (χ0n) is 7.34. The first kappa shape index (κ1) is 17.0. The van der Waals surface area contributed by atoms with Gasteiger partial charge in [0.05, 0.1) is 29.1 Å². The van der Waals surface area contributed by atoms with Gasteiger partial charge >= 0.3 is 29.6 Å². The molecule has 0 aliphatic carbocycles. The molecule has 0 aromatic heterocycles. The molecule has 0 rings (SSSR count). The van der Waals surface area contributed by atoms with Crippen LogP contribution in [0.4, 0.5) is 0 Å². The Hall–Kier alpha value is 1.57. The molecule has 0 amide bonds. The van der Waals surface area contributed by atoms with Gasteiger partial charge in [-0.2, -0.15) is 25.3 Å². The molecule has 0 aromatic rings. The van der Waals surface area contributed by atoms with Crippen LogP contribution < -0.4 is 29.6 Å². The van der Waals surface area contributed by atoms with E-state index in [9.17, 15) is 13.0 Å². The molecule has 0 saturated heterocycles. The summed E-state index contributed by atoms with van der Waals surface area (Å²) >= 11 is 7.98. The first-order valence-corrected chi connectivity index (χ1v) is 5.98. The van der Waals surface area contributed by atoms with E-state index in [1.165, 1.54) is 0 Å². The number of rotatable bonds is 6. The number of thiol groups is 2. The van der Waals surface area contributed by atoms with Gasteiger partial charge in [-0.1, -0.05) is 0 Å². The summed E-state index contributed by atoms with van der Waals surface area (Å²) in [7, 11) is -4.15. The molecule has 0 radical (unpaired) electrons. The molecule has 0 heterocycles. The fourth-order valence-electron chi connectivity index (χ4n) is 0.433. The maximum absolute atomic E-state index is 10.1. The quantitative estimate of drug-likeness (QED) is 0.226. The molecule has 0 aliphatic rings. The number of ether oxygens (including phenoxy) is 1. The van der Waals surface area contributed by atoms with E-state index in [0.717, 1.165) is 0 Å². The van der Waals surface area contributed by atoms with Crippen LogP contribution in [0.5, 0.6) is 0 Å². The maximum Gasteiger partial charge on any atom is 1.00 e. The molecule has 4 nitrogen and oxygen atoms in total. The smallest absolute Gasteiger partial charge is 0.748 e. The molecule has 0 spiro atoms. The van der Waals surface area contributed by atoms with Crippen LogP contribution in [0.25, 0.3) is 0 Å². The third-order valence-electron chi connectivity index (χ3n) is 0.999. The van der Waals surface area contributed by atoms with Crippen molar-refractivity contribution < 1.29 is 47.3 Å². The van der Waals surface area contributed by atoms with Gasteiger partial charge in [-0.25, -0.2) is 8.42 Å². The summed E-state index contributed by atoms with van der Waals surface area (Å²) in [5, 5.41) is -0.0253. The molecule has 0 aliphatic heterocycles. The van der Waals surface area contributed by atoms with Crippen molar-refractivity contribution >= 4 is 35.4 Å². The van der Waals surface area contributed by atoms with Crippen LogP contribution in [-0.2, 0) is 14.9 Å². The summed E-state index contributed by atoms with van der Waals surface area (Å²) in [5.74, 6) is 0.0628. The van der Waals surface area contributed by atoms with Crippen LogP contribution in [0.1, 0.15) is 0 Å². The van der Waals surface area contributed by atoms with E-state index in [0.29, 0.717) is 12.4 Å². The molecule has 0 saturated carbocycles. The predicted molar refractivity (Wildman–Crippen MR) is 52.0 cm³/mol. The first-order chi connectivity index (χ1) is 5.45. The van der Waals surface area contributed by atoms with E-state index >= 15 is 0 Å². The van der Waals surface area contributed by atoms with Gasteiger partial charge in [0.15, 0.2) is 0 Å². The fraction of sp³-hybridized carbons (Fsp3) is 1.00. The monoisotopic (exact) mass is 254 g/mol. The Balaban J connectivity index is 0. The summed E-state index contributed by atoms with van der Waals surface area (Å²) in [6.07, 6.45) is 0. The predicted octanol–water partition coefficient (Wildman–Crippen LogP) is -3.22. The Bertz CT molecular complexity index is 206. The third-order valence-corrected chi connectivity index (χ3v) is 2.73. The fourth-order valence-corrected chi connectivity index (χ4v) is 0.966. The summed E-state index contributed by atoms with van der Waals surface area (Å²) < 4.78 is 35.1. The van der Waals surface area contributed by atoms with Crippen LogP contribution in [0.3, 0.4) is 0 Å². The average molecular weight is 254 g/mol. The Morgan fingerprint density at radius 1 is 1.46 bits per heavy atom. The molecule has 1 atom stereocenters. The summed E-state index contributed by atoms with van der Waals surface area (Å²) in [5.41, 5.74) is 0. The summed E-state index contributed by atoms with van der Waals surface area (Å²) in [4.78, 5) is 0. The minimum absolute atomic E-state index is 0. The Labute approximate surface area is 112 Å². The largest absolute Gasteiger partial charge is 1.00 e. The minimum atomic E-state index is -4.15. The second-order valence-corrected chi connectivity index (χ2v) is 4.79. The van der Waals surface area contributed by atoms with Crippen molar-refractivity contribution in [2.75, 3.05) is 24.7 Å². The van der Waals surface area contributed by atoms with Gasteiger partial charge in [-0.15, -0.1) is 0 Å². The topological polar surface area (TPSA) is 66.4 Å². The van der Waals surface area contributed by atoms with Crippen molar-refractivity contribution in [3.63, 3.8) is 0 Å². The molecule has 0 aromatic carbocycles. The van der Waals surface area contributed by atoms with Crippen molar-refractivity contribution in [1.29, 1.82) is 0 Å². The molecule has 13 heavy (non-hydrogen) atoms. The van der Waals surface area contributed by atoms with Crippen molar-refractivity contribution in [2.24, 2.45) is 0 Å².